The molecule has 0 aliphatic carbocycles. The smallest absolute Gasteiger partial charge is 0.125 e. The average molecular weight is 240 g/mol. The van der Waals surface area contributed by atoms with Crippen LogP contribution in [0.15, 0.2) is 18.3 Å². The number of rotatable bonds is 7. The van der Waals surface area contributed by atoms with E-state index in [2.05, 4.69) is 30.2 Å². The van der Waals surface area contributed by atoms with E-state index in [-0.39, 0.29) is 6.61 Å². The molecule has 16 heavy (non-hydrogen) atoms. The standard InChI is InChI=1S/C12H20N2OS/c1-3-13-12-5-4-11(6-14-12)9-16-8-10(2)7-15/h4-6,10,15H,3,7-9H2,1-2H3,(H,13,14). The van der Waals surface area contributed by atoms with Gasteiger partial charge in [-0.15, -0.1) is 0 Å². The van der Waals surface area contributed by atoms with Gasteiger partial charge in [-0.3, -0.25) is 0 Å². The normalized spacial score (nSPS) is 12.4. The van der Waals surface area contributed by atoms with Crippen LogP contribution in [0.2, 0.25) is 0 Å². The minimum absolute atomic E-state index is 0.268. The summed E-state index contributed by atoms with van der Waals surface area (Å²) in [6, 6.07) is 4.11. The number of hydrogen-bond acceptors (Lipinski definition) is 4. The minimum atomic E-state index is 0.268. The summed E-state index contributed by atoms with van der Waals surface area (Å²) in [5, 5.41) is 12.1. The van der Waals surface area contributed by atoms with Crippen LogP contribution in [0, 0.1) is 5.92 Å². The molecular weight excluding hydrogens is 220 g/mol. The molecule has 0 bridgehead atoms. The number of pyridine rings is 1. The zero-order valence-electron chi connectivity index (χ0n) is 9.94. The summed E-state index contributed by atoms with van der Waals surface area (Å²) in [6.07, 6.45) is 1.91. The molecule has 0 saturated heterocycles. The third kappa shape index (κ3) is 4.86. The van der Waals surface area contributed by atoms with Gasteiger partial charge in [0.25, 0.3) is 0 Å². The van der Waals surface area contributed by atoms with Crippen molar-refractivity contribution >= 4 is 17.6 Å². The van der Waals surface area contributed by atoms with Crippen molar-refractivity contribution < 1.29 is 5.11 Å². The molecule has 3 nitrogen and oxygen atoms in total. The molecule has 0 aromatic carbocycles. The molecule has 0 aliphatic rings. The molecule has 1 rings (SSSR count). The van der Waals surface area contributed by atoms with E-state index in [1.807, 2.05) is 24.0 Å². The van der Waals surface area contributed by atoms with E-state index in [1.54, 1.807) is 0 Å². The van der Waals surface area contributed by atoms with Crippen molar-refractivity contribution in [3.05, 3.63) is 23.9 Å². The van der Waals surface area contributed by atoms with Gasteiger partial charge in [-0.1, -0.05) is 13.0 Å². The molecular formula is C12H20N2OS. The Labute approximate surface area is 102 Å². The number of thioether (sulfide) groups is 1. The minimum Gasteiger partial charge on any atom is -0.396 e. The summed E-state index contributed by atoms with van der Waals surface area (Å²) in [6.45, 7) is 5.28. The second kappa shape index (κ2) is 7.52. The second-order valence-corrected chi connectivity index (χ2v) is 4.92. The van der Waals surface area contributed by atoms with Gasteiger partial charge in [0.1, 0.15) is 5.82 Å². The number of hydrogen-bond donors (Lipinski definition) is 2. The largest absolute Gasteiger partial charge is 0.396 e. The van der Waals surface area contributed by atoms with Gasteiger partial charge in [0.05, 0.1) is 0 Å². The first-order valence-electron chi connectivity index (χ1n) is 5.63. The van der Waals surface area contributed by atoms with Gasteiger partial charge in [0.15, 0.2) is 0 Å². The van der Waals surface area contributed by atoms with Crippen molar-refractivity contribution in [1.29, 1.82) is 0 Å². The van der Waals surface area contributed by atoms with E-state index in [0.717, 1.165) is 23.9 Å². The summed E-state index contributed by atoms with van der Waals surface area (Å²) >= 11 is 1.84. The van der Waals surface area contributed by atoms with Gasteiger partial charge < -0.3 is 10.4 Å². The van der Waals surface area contributed by atoms with Gasteiger partial charge in [0.2, 0.25) is 0 Å². The van der Waals surface area contributed by atoms with Gasteiger partial charge in [-0.25, -0.2) is 4.98 Å². The fraction of sp³-hybridized carbons (Fsp3) is 0.583. The van der Waals surface area contributed by atoms with E-state index in [9.17, 15) is 0 Å². The Balaban J connectivity index is 2.31. The lowest BCUT2D eigenvalue weighted by Gasteiger charge is -2.07. The van der Waals surface area contributed by atoms with Gasteiger partial charge >= 0.3 is 0 Å². The number of aliphatic hydroxyl groups is 1. The molecule has 0 aliphatic heterocycles. The second-order valence-electron chi connectivity index (χ2n) is 3.88. The highest BCUT2D eigenvalue weighted by Gasteiger charge is 2.01. The molecule has 1 unspecified atom stereocenters. The van der Waals surface area contributed by atoms with Crippen molar-refractivity contribution in [2.24, 2.45) is 5.92 Å². The number of aliphatic hydroxyl groups excluding tert-OH is 1. The third-order valence-corrected chi connectivity index (χ3v) is 3.51. The highest BCUT2D eigenvalue weighted by Crippen LogP contribution is 2.15. The first-order chi connectivity index (χ1) is 7.76. The number of anilines is 1. The fourth-order valence-electron chi connectivity index (χ4n) is 1.23. The Morgan fingerprint density at radius 1 is 1.50 bits per heavy atom. The first-order valence-corrected chi connectivity index (χ1v) is 6.79. The SMILES string of the molecule is CCNc1ccc(CSCC(C)CO)cn1. The molecule has 0 saturated carbocycles. The van der Waals surface area contributed by atoms with Crippen LogP contribution < -0.4 is 5.32 Å². The molecule has 0 radical (unpaired) electrons. The number of aromatic nitrogens is 1. The van der Waals surface area contributed by atoms with Crippen LogP contribution >= 0.6 is 11.8 Å². The third-order valence-electron chi connectivity index (χ3n) is 2.17. The van der Waals surface area contributed by atoms with Gasteiger partial charge in [0, 0.05) is 25.1 Å². The van der Waals surface area contributed by atoms with E-state index < -0.39 is 0 Å². The molecule has 1 atom stereocenters. The van der Waals surface area contributed by atoms with Gasteiger partial charge in [-0.05, 0) is 30.2 Å². The van der Waals surface area contributed by atoms with Crippen molar-refractivity contribution in [2.45, 2.75) is 19.6 Å². The Hall–Kier alpha value is -0.740. The summed E-state index contributed by atoms with van der Waals surface area (Å²) in [5.41, 5.74) is 1.23. The maximum atomic E-state index is 8.89. The lowest BCUT2D eigenvalue weighted by molar-refractivity contribution is 0.250. The zero-order valence-corrected chi connectivity index (χ0v) is 10.8. The molecule has 1 heterocycles. The summed E-state index contributed by atoms with van der Waals surface area (Å²) in [4.78, 5) is 4.31. The molecule has 1 aromatic heterocycles. The van der Waals surface area contributed by atoms with Crippen LogP contribution in [0.25, 0.3) is 0 Å². The first kappa shape index (κ1) is 13.3. The fourth-order valence-corrected chi connectivity index (χ4v) is 2.26. The quantitative estimate of drug-likeness (QED) is 0.768. The summed E-state index contributed by atoms with van der Waals surface area (Å²) in [7, 11) is 0. The van der Waals surface area contributed by atoms with Crippen LogP contribution in [0.1, 0.15) is 19.4 Å². The molecule has 0 spiro atoms. The molecule has 0 fully saturated rings. The van der Waals surface area contributed by atoms with Crippen molar-refractivity contribution in [3.63, 3.8) is 0 Å². The molecule has 2 N–H and O–H groups in total. The maximum absolute atomic E-state index is 8.89. The molecule has 1 aromatic rings. The predicted octanol–water partition coefficient (Wildman–Crippen LogP) is 2.38. The van der Waals surface area contributed by atoms with E-state index >= 15 is 0 Å². The van der Waals surface area contributed by atoms with Gasteiger partial charge in [-0.2, -0.15) is 11.8 Å². The monoisotopic (exact) mass is 240 g/mol. The van der Waals surface area contributed by atoms with Crippen LogP contribution in [0.5, 0.6) is 0 Å². The van der Waals surface area contributed by atoms with E-state index in [1.165, 1.54) is 5.56 Å². The Morgan fingerprint density at radius 2 is 2.31 bits per heavy atom. The van der Waals surface area contributed by atoms with E-state index in [4.69, 9.17) is 5.11 Å². The predicted molar refractivity (Wildman–Crippen MR) is 70.8 cm³/mol. The molecule has 4 heteroatoms. The highest BCUT2D eigenvalue weighted by atomic mass is 32.2. The van der Waals surface area contributed by atoms with Crippen LogP contribution in [0.3, 0.4) is 0 Å². The van der Waals surface area contributed by atoms with Crippen LogP contribution in [-0.2, 0) is 5.75 Å². The Morgan fingerprint density at radius 3 is 2.88 bits per heavy atom. The van der Waals surface area contributed by atoms with Crippen LogP contribution in [0.4, 0.5) is 5.82 Å². The lowest BCUT2D eigenvalue weighted by atomic mass is 10.2. The summed E-state index contributed by atoms with van der Waals surface area (Å²) in [5.74, 6) is 3.26. The van der Waals surface area contributed by atoms with Crippen molar-refractivity contribution in [1.82, 2.24) is 4.98 Å². The summed E-state index contributed by atoms with van der Waals surface area (Å²) < 4.78 is 0. The topological polar surface area (TPSA) is 45.1 Å². The highest BCUT2D eigenvalue weighted by molar-refractivity contribution is 7.98. The van der Waals surface area contributed by atoms with Crippen molar-refractivity contribution in [2.75, 3.05) is 24.2 Å². The van der Waals surface area contributed by atoms with E-state index in [0.29, 0.717) is 5.92 Å². The lowest BCUT2D eigenvalue weighted by Crippen LogP contribution is -2.03. The number of nitrogens with one attached hydrogen (secondary N) is 1. The van der Waals surface area contributed by atoms with Crippen LogP contribution in [-0.4, -0.2) is 29.0 Å². The van der Waals surface area contributed by atoms with Crippen molar-refractivity contribution in [3.8, 4) is 0 Å². The Bertz CT molecular complexity index is 290. The Kier molecular flexibility index (Phi) is 6.26. The number of nitrogens with zero attached hydrogens (tertiary/aromatic N) is 1. The maximum Gasteiger partial charge on any atom is 0.125 e. The zero-order chi connectivity index (χ0) is 11.8. The molecule has 0 amide bonds. The average Bonchev–Trinajstić information content (AvgIpc) is 2.31. The molecule has 90 valence electrons.